The average molecular weight is 777 g/mol. The Balaban J connectivity index is 1.07. The van der Waals surface area contributed by atoms with Gasteiger partial charge in [0.15, 0.2) is 5.76 Å². The molecule has 1 unspecified atom stereocenters. The van der Waals surface area contributed by atoms with Gasteiger partial charge in [-0.2, -0.15) is 0 Å². The molecule has 0 fully saturated rings. The van der Waals surface area contributed by atoms with E-state index >= 15 is 0 Å². The van der Waals surface area contributed by atoms with Crippen LogP contribution in [0.1, 0.15) is 50.4 Å². The summed E-state index contributed by atoms with van der Waals surface area (Å²) in [6.07, 6.45) is 7.91. The largest absolute Gasteiger partial charge is 0.455 e. The van der Waals surface area contributed by atoms with E-state index in [0.717, 1.165) is 92.1 Å². The molecule has 0 amide bonds. The number of aliphatic imine (C=N–C) groups is 1. The zero-order valence-corrected chi connectivity index (χ0v) is 33.7. The molecule has 0 saturated heterocycles. The number of para-hydroxylation sites is 1. The number of anilines is 1. The second-order valence-corrected chi connectivity index (χ2v) is 16.3. The van der Waals surface area contributed by atoms with Crippen LogP contribution in [0.5, 0.6) is 0 Å². The van der Waals surface area contributed by atoms with Crippen LogP contribution >= 0.6 is 0 Å². The highest BCUT2D eigenvalue weighted by atomic mass is 16.3. The van der Waals surface area contributed by atoms with Crippen molar-refractivity contribution in [2.45, 2.75) is 39.0 Å². The molecule has 0 bridgehead atoms. The first kappa shape index (κ1) is 36.0. The van der Waals surface area contributed by atoms with Crippen LogP contribution in [-0.4, -0.2) is 5.71 Å². The summed E-state index contributed by atoms with van der Waals surface area (Å²) in [4.78, 5) is 5.19. The smallest absolute Gasteiger partial charge is 0.176 e. The lowest BCUT2D eigenvalue weighted by molar-refractivity contribution is 0.494. The Kier molecular flexibility index (Phi) is 8.74. The van der Waals surface area contributed by atoms with Gasteiger partial charge >= 0.3 is 0 Å². The van der Waals surface area contributed by atoms with Crippen molar-refractivity contribution in [1.82, 2.24) is 0 Å². The van der Waals surface area contributed by atoms with Gasteiger partial charge in [-0.05, 0) is 122 Å². The molecule has 2 heterocycles. The monoisotopic (exact) mass is 776 g/mol. The molecule has 60 heavy (non-hydrogen) atoms. The van der Waals surface area contributed by atoms with Crippen LogP contribution in [0.2, 0.25) is 0 Å². The molecular weight excluding hydrogens is 733 g/mol. The average Bonchev–Trinajstić information content (AvgIpc) is 3.85. The molecular formula is C56H44N2O2. The van der Waals surface area contributed by atoms with Gasteiger partial charge in [0.05, 0.1) is 11.4 Å². The van der Waals surface area contributed by atoms with Crippen molar-refractivity contribution in [3.8, 4) is 22.3 Å². The fourth-order valence-corrected chi connectivity index (χ4v) is 9.73. The molecule has 0 aliphatic heterocycles. The molecule has 4 nitrogen and oxygen atoms in total. The van der Waals surface area contributed by atoms with Crippen LogP contribution in [0.4, 0.5) is 5.69 Å². The van der Waals surface area contributed by atoms with Gasteiger partial charge in [-0.1, -0.05) is 147 Å². The van der Waals surface area contributed by atoms with Crippen molar-refractivity contribution in [1.29, 1.82) is 0 Å². The van der Waals surface area contributed by atoms with Gasteiger partial charge in [-0.15, -0.1) is 0 Å². The first-order valence-corrected chi connectivity index (χ1v) is 21.2. The number of fused-ring (bicyclic) bond motifs is 10. The summed E-state index contributed by atoms with van der Waals surface area (Å²) in [6, 6.07) is 53.6. The number of furan rings is 2. The van der Waals surface area contributed by atoms with E-state index in [4.69, 9.17) is 19.6 Å². The van der Waals surface area contributed by atoms with E-state index in [0.29, 0.717) is 23.1 Å². The van der Waals surface area contributed by atoms with Gasteiger partial charge in [0, 0.05) is 21.7 Å². The second kappa shape index (κ2) is 14.6. The van der Waals surface area contributed by atoms with Crippen molar-refractivity contribution >= 4 is 82.3 Å². The molecule has 11 rings (SSSR count). The van der Waals surface area contributed by atoms with Crippen LogP contribution in [0, 0.1) is 5.92 Å². The Labute approximate surface area is 349 Å². The third kappa shape index (κ3) is 5.93. The summed E-state index contributed by atoms with van der Waals surface area (Å²) in [7, 11) is 0. The van der Waals surface area contributed by atoms with Crippen molar-refractivity contribution in [3.63, 3.8) is 0 Å². The van der Waals surface area contributed by atoms with E-state index in [1.54, 1.807) is 0 Å². The highest BCUT2D eigenvalue weighted by molar-refractivity contribution is 6.26. The maximum Gasteiger partial charge on any atom is 0.176 e. The number of nitrogens with zero attached hydrogens (tertiary/aromatic N) is 1. The van der Waals surface area contributed by atoms with Crippen LogP contribution in [-0.2, 0) is 0 Å². The number of hydrogen-bond acceptors (Lipinski definition) is 4. The third-order valence-electron chi connectivity index (χ3n) is 12.6. The quantitative estimate of drug-likeness (QED) is 0.123. The Morgan fingerprint density at radius 2 is 1.23 bits per heavy atom. The minimum Gasteiger partial charge on any atom is -0.455 e. The lowest BCUT2D eigenvalue weighted by Crippen LogP contribution is -2.13. The summed E-state index contributed by atoms with van der Waals surface area (Å²) in [5.41, 5.74) is 18.0. The normalized spacial score (nSPS) is 14.8. The second-order valence-electron chi connectivity index (χ2n) is 16.3. The molecule has 1 aliphatic carbocycles. The van der Waals surface area contributed by atoms with E-state index in [9.17, 15) is 0 Å². The van der Waals surface area contributed by atoms with Gasteiger partial charge in [0.1, 0.15) is 22.5 Å². The van der Waals surface area contributed by atoms with Crippen LogP contribution in [0.25, 0.3) is 93.2 Å². The molecule has 1 atom stereocenters. The molecule has 2 aromatic heterocycles. The van der Waals surface area contributed by atoms with Crippen LogP contribution in [0.15, 0.2) is 184 Å². The lowest BCUT2D eigenvalue weighted by Gasteiger charge is -2.21. The van der Waals surface area contributed by atoms with E-state index in [1.807, 2.05) is 42.5 Å². The highest BCUT2D eigenvalue weighted by Crippen LogP contribution is 2.45. The maximum atomic E-state index is 7.14. The molecule has 0 spiro atoms. The summed E-state index contributed by atoms with van der Waals surface area (Å²) in [5.74, 6) is 1.11. The molecule has 1 aliphatic rings. The number of nitrogen functional groups attached to an aromatic ring is 1. The van der Waals surface area contributed by atoms with E-state index < -0.39 is 0 Å². The lowest BCUT2D eigenvalue weighted by atomic mass is 9.85. The Bertz CT molecular complexity index is 3360. The van der Waals surface area contributed by atoms with E-state index in [1.165, 1.54) is 44.3 Å². The number of nitrogens with two attached hydrogens (primary N) is 1. The predicted octanol–water partition coefficient (Wildman–Crippen LogP) is 15.7. The maximum absolute atomic E-state index is 7.14. The van der Waals surface area contributed by atoms with Crippen LogP contribution < -0.4 is 5.73 Å². The van der Waals surface area contributed by atoms with Gasteiger partial charge in [0.25, 0.3) is 0 Å². The Morgan fingerprint density at radius 1 is 0.633 bits per heavy atom. The molecule has 2 N–H and O–H groups in total. The summed E-state index contributed by atoms with van der Waals surface area (Å²) in [6.45, 7) is 6.64. The zero-order valence-electron chi connectivity index (χ0n) is 33.7. The number of rotatable bonds is 8. The molecule has 10 aromatic rings. The summed E-state index contributed by atoms with van der Waals surface area (Å²) < 4.78 is 13.5. The molecule has 290 valence electrons. The van der Waals surface area contributed by atoms with Crippen molar-refractivity contribution < 1.29 is 8.83 Å². The fourth-order valence-electron chi connectivity index (χ4n) is 9.73. The topological polar surface area (TPSA) is 64.7 Å². The SMILES string of the molecule is C=C(N=C(C1=CC(CCC)CCC1)c1oc2ccc(-c3ccc(-c4ccc5c6ccccc6c6ccccc6c5c4)c4c3oc3ccccc34)cc2c1N)c1ccccc1. The first-order chi connectivity index (χ1) is 29.5. The number of allylic oxidation sites excluding steroid dienone is 2. The highest BCUT2D eigenvalue weighted by Gasteiger charge is 2.25. The molecule has 0 radical (unpaired) electrons. The Hall–Kier alpha value is -7.17. The molecule has 0 saturated carbocycles. The van der Waals surface area contributed by atoms with Gasteiger partial charge in [0.2, 0.25) is 0 Å². The predicted molar refractivity (Wildman–Crippen MR) is 254 cm³/mol. The molecule has 8 aromatic carbocycles. The third-order valence-corrected chi connectivity index (χ3v) is 12.6. The van der Waals surface area contributed by atoms with Crippen molar-refractivity contribution in [3.05, 3.63) is 181 Å². The van der Waals surface area contributed by atoms with Gasteiger partial charge in [-0.3, -0.25) is 0 Å². The number of benzene rings is 8. The minimum absolute atomic E-state index is 0.508. The standard InChI is InChI=1S/C56H44N2O2/c1-3-14-35-15-13-18-39(31-35)54(58-34(2)36-16-5-4-6-17-36)56-53(57)49-33-38(26-30-51(49)60-56)41-29-28-40(52-47-23-11-12-24-50(47)59-55(41)52)37-25-27-46-44-21-8-7-19-42(44)43-20-9-10-22-45(43)48(46)32-37/h4-12,16-17,19-33,35H,2-3,13-15,18,57H2,1H3. The summed E-state index contributed by atoms with van der Waals surface area (Å²) in [5, 5.41) is 10.6. The van der Waals surface area contributed by atoms with Gasteiger partial charge < -0.3 is 14.6 Å². The molecule has 4 heteroatoms. The minimum atomic E-state index is 0.508. The van der Waals surface area contributed by atoms with Gasteiger partial charge in [-0.25, -0.2) is 4.99 Å². The number of hydrogen-bond donors (Lipinski definition) is 1. The fraction of sp³-hybridized carbons (Fsp3) is 0.125. The Morgan fingerprint density at radius 3 is 1.98 bits per heavy atom. The van der Waals surface area contributed by atoms with Crippen molar-refractivity contribution in [2.24, 2.45) is 10.9 Å². The van der Waals surface area contributed by atoms with Crippen LogP contribution in [0.3, 0.4) is 0 Å². The van der Waals surface area contributed by atoms with E-state index in [2.05, 4.69) is 129 Å². The first-order valence-electron chi connectivity index (χ1n) is 21.2. The summed E-state index contributed by atoms with van der Waals surface area (Å²) >= 11 is 0. The van der Waals surface area contributed by atoms with E-state index in [-0.39, 0.29) is 0 Å². The zero-order chi connectivity index (χ0) is 40.3. The van der Waals surface area contributed by atoms with Crippen molar-refractivity contribution in [2.75, 3.05) is 5.73 Å².